The van der Waals surface area contributed by atoms with Gasteiger partial charge in [0.25, 0.3) is 5.91 Å². The summed E-state index contributed by atoms with van der Waals surface area (Å²) in [6, 6.07) is 2.12. The fraction of sp³-hybridized carbons (Fsp3) is 0.750. The zero-order valence-electron chi connectivity index (χ0n) is 7.08. The van der Waals surface area contributed by atoms with E-state index in [1.807, 2.05) is 0 Å². The van der Waals surface area contributed by atoms with Gasteiger partial charge in [-0.1, -0.05) is 0 Å². The van der Waals surface area contributed by atoms with E-state index in [0.717, 1.165) is 25.7 Å². The van der Waals surface area contributed by atoms with Gasteiger partial charge in [0, 0.05) is 6.92 Å². The highest BCUT2D eigenvalue weighted by atomic mass is 16.1. The molecule has 0 spiro atoms. The van der Waals surface area contributed by atoms with Crippen LogP contribution in [0.4, 0.5) is 0 Å². The third kappa shape index (κ3) is 1.88. The smallest absolute Gasteiger partial charge is 0.261 e. The molecule has 1 fully saturated rings. The van der Waals surface area contributed by atoms with Crippen LogP contribution in [0.25, 0.3) is 0 Å². The van der Waals surface area contributed by atoms with Crippen LogP contribution >= 0.6 is 0 Å². The SMILES string of the molecule is CC(=O)/N=N/C1(C#N)CCCC1. The second-order valence-electron chi connectivity index (χ2n) is 3.07. The number of rotatable bonds is 1. The maximum absolute atomic E-state index is 10.5. The summed E-state index contributed by atoms with van der Waals surface area (Å²) in [5, 5.41) is 16.0. The van der Waals surface area contributed by atoms with Crippen molar-refractivity contribution in [2.75, 3.05) is 0 Å². The van der Waals surface area contributed by atoms with Crippen LogP contribution in [0, 0.1) is 11.3 Å². The van der Waals surface area contributed by atoms with Gasteiger partial charge >= 0.3 is 0 Å². The topological polar surface area (TPSA) is 65.6 Å². The zero-order chi connectivity index (χ0) is 9.03. The first-order valence-corrected chi connectivity index (χ1v) is 4.03. The molecular formula is C8H11N3O. The van der Waals surface area contributed by atoms with Crippen LogP contribution in [-0.2, 0) is 4.79 Å². The Morgan fingerprint density at radius 2 is 2.08 bits per heavy atom. The molecule has 12 heavy (non-hydrogen) atoms. The van der Waals surface area contributed by atoms with E-state index in [9.17, 15) is 4.79 Å². The first-order valence-electron chi connectivity index (χ1n) is 4.03. The highest BCUT2D eigenvalue weighted by Gasteiger charge is 2.34. The van der Waals surface area contributed by atoms with Gasteiger partial charge in [-0.05, 0) is 25.7 Å². The third-order valence-electron chi connectivity index (χ3n) is 2.02. The van der Waals surface area contributed by atoms with Crippen LogP contribution in [0.15, 0.2) is 10.2 Å². The Morgan fingerprint density at radius 1 is 1.50 bits per heavy atom. The summed E-state index contributed by atoms with van der Waals surface area (Å²) < 4.78 is 0. The third-order valence-corrected chi connectivity index (χ3v) is 2.02. The van der Waals surface area contributed by atoms with Crippen LogP contribution in [0.3, 0.4) is 0 Å². The van der Waals surface area contributed by atoms with Crippen molar-refractivity contribution in [2.45, 2.75) is 38.1 Å². The van der Waals surface area contributed by atoms with Crippen molar-refractivity contribution in [3.05, 3.63) is 0 Å². The molecule has 0 unspecified atom stereocenters. The van der Waals surface area contributed by atoms with Crippen molar-refractivity contribution in [3.63, 3.8) is 0 Å². The molecule has 0 aromatic carbocycles. The van der Waals surface area contributed by atoms with E-state index in [4.69, 9.17) is 5.26 Å². The molecule has 0 aromatic rings. The molecule has 0 radical (unpaired) electrons. The molecule has 1 saturated carbocycles. The Bertz CT molecular complexity index is 246. The van der Waals surface area contributed by atoms with Crippen molar-refractivity contribution >= 4 is 5.91 Å². The van der Waals surface area contributed by atoms with Crippen molar-refractivity contribution in [2.24, 2.45) is 10.2 Å². The largest absolute Gasteiger partial charge is 0.271 e. The van der Waals surface area contributed by atoms with Gasteiger partial charge in [0.2, 0.25) is 0 Å². The molecule has 1 amide bonds. The van der Waals surface area contributed by atoms with Crippen molar-refractivity contribution in [3.8, 4) is 6.07 Å². The summed E-state index contributed by atoms with van der Waals surface area (Å²) in [5.74, 6) is -0.337. The Kier molecular flexibility index (Phi) is 2.54. The molecule has 1 aliphatic rings. The minimum absolute atomic E-state index is 0.337. The van der Waals surface area contributed by atoms with Crippen molar-refractivity contribution in [1.82, 2.24) is 0 Å². The summed E-state index contributed by atoms with van der Waals surface area (Å²) in [4.78, 5) is 10.5. The number of amides is 1. The minimum Gasteiger partial charge on any atom is -0.271 e. The van der Waals surface area contributed by atoms with Gasteiger partial charge in [0.1, 0.15) is 0 Å². The van der Waals surface area contributed by atoms with E-state index in [1.54, 1.807) is 0 Å². The Labute approximate surface area is 71.3 Å². The highest BCUT2D eigenvalue weighted by Crippen LogP contribution is 2.32. The second-order valence-corrected chi connectivity index (χ2v) is 3.07. The molecule has 0 N–H and O–H groups in total. The number of carbonyl (C=O) groups excluding carboxylic acids is 1. The first kappa shape index (κ1) is 8.85. The fourth-order valence-corrected chi connectivity index (χ4v) is 1.36. The summed E-state index contributed by atoms with van der Waals surface area (Å²) >= 11 is 0. The first-order chi connectivity index (χ1) is 5.68. The predicted molar refractivity (Wildman–Crippen MR) is 42.3 cm³/mol. The number of nitriles is 1. The molecule has 1 aliphatic carbocycles. The second kappa shape index (κ2) is 3.44. The highest BCUT2D eigenvalue weighted by molar-refractivity contribution is 5.73. The Morgan fingerprint density at radius 3 is 2.50 bits per heavy atom. The Balaban J connectivity index is 2.69. The number of hydrogen-bond acceptors (Lipinski definition) is 3. The van der Waals surface area contributed by atoms with Gasteiger partial charge < -0.3 is 0 Å². The fourth-order valence-electron chi connectivity index (χ4n) is 1.36. The number of hydrogen-bond donors (Lipinski definition) is 0. The lowest BCUT2D eigenvalue weighted by Crippen LogP contribution is -2.18. The van der Waals surface area contributed by atoms with E-state index in [1.165, 1.54) is 6.92 Å². The van der Waals surface area contributed by atoms with Gasteiger partial charge in [0.05, 0.1) is 6.07 Å². The van der Waals surface area contributed by atoms with Crippen LogP contribution in [0.5, 0.6) is 0 Å². The number of nitrogens with zero attached hydrogens (tertiary/aromatic N) is 3. The van der Waals surface area contributed by atoms with E-state index < -0.39 is 5.54 Å². The maximum Gasteiger partial charge on any atom is 0.261 e. The Hall–Kier alpha value is -1.24. The lowest BCUT2D eigenvalue weighted by atomic mass is 10.0. The lowest BCUT2D eigenvalue weighted by Gasteiger charge is -2.10. The van der Waals surface area contributed by atoms with Crippen LogP contribution < -0.4 is 0 Å². The summed E-state index contributed by atoms with van der Waals surface area (Å²) in [6.07, 6.45) is 3.48. The predicted octanol–water partition coefficient (Wildman–Crippen LogP) is 1.82. The average molecular weight is 165 g/mol. The maximum atomic E-state index is 10.5. The molecule has 4 heteroatoms. The molecule has 0 heterocycles. The molecule has 1 rings (SSSR count). The van der Waals surface area contributed by atoms with Gasteiger partial charge in [-0.25, -0.2) is 0 Å². The molecule has 0 atom stereocenters. The minimum atomic E-state index is -0.689. The monoisotopic (exact) mass is 165 g/mol. The summed E-state index contributed by atoms with van der Waals surface area (Å²) in [5.41, 5.74) is -0.689. The molecular weight excluding hydrogens is 154 g/mol. The summed E-state index contributed by atoms with van der Waals surface area (Å²) in [7, 11) is 0. The van der Waals surface area contributed by atoms with E-state index in [0.29, 0.717) is 0 Å². The van der Waals surface area contributed by atoms with Gasteiger partial charge in [-0.3, -0.25) is 4.79 Å². The van der Waals surface area contributed by atoms with Crippen molar-refractivity contribution in [1.29, 1.82) is 5.26 Å². The molecule has 0 saturated heterocycles. The molecule has 0 bridgehead atoms. The molecule has 64 valence electrons. The van der Waals surface area contributed by atoms with Gasteiger partial charge in [0.15, 0.2) is 5.54 Å². The van der Waals surface area contributed by atoms with E-state index in [-0.39, 0.29) is 5.91 Å². The molecule has 0 aromatic heterocycles. The molecule has 0 aliphatic heterocycles. The normalized spacial score (nSPS) is 21.0. The van der Waals surface area contributed by atoms with E-state index >= 15 is 0 Å². The van der Waals surface area contributed by atoms with Crippen LogP contribution in [-0.4, -0.2) is 11.4 Å². The average Bonchev–Trinajstić information content (AvgIpc) is 2.50. The standard InChI is InChI=1S/C8H11N3O/c1-7(12)10-11-8(6-9)4-2-3-5-8/h2-5H2,1H3/b11-10+. The molecule has 4 nitrogen and oxygen atoms in total. The number of carbonyl (C=O) groups is 1. The van der Waals surface area contributed by atoms with E-state index in [2.05, 4.69) is 16.3 Å². The quantitative estimate of drug-likeness (QED) is 0.556. The lowest BCUT2D eigenvalue weighted by molar-refractivity contribution is -0.116. The number of azo groups is 1. The zero-order valence-corrected chi connectivity index (χ0v) is 7.08. The van der Waals surface area contributed by atoms with Crippen molar-refractivity contribution < 1.29 is 4.79 Å². The van der Waals surface area contributed by atoms with Gasteiger partial charge in [-0.2, -0.15) is 10.4 Å². The summed E-state index contributed by atoms with van der Waals surface area (Å²) in [6.45, 7) is 1.34. The van der Waals surface area contributed by atoms with Crippen LogP contribution in [0.1, 0.15) is 32.6 Å². The van der Waals surface area contributed by atoms with Crippen LogP contribution in [0.2, 0.25) is 0 Å². The van der Waals surface area contributed by atoms with Gasteiger partial charge in [-0.15, -0.1) is 5.11 Å².